The van der Waals surface area contributed by atoms with Crippen LogP contribution in [0.4, 0.5) is 5.69 Å². The maximum atomic E-state index is 12.5. The SMILES string of the molecule is Cc1ccc(CCCNC(=O)[C@@H](C)N(c2ccc(Cl)c(Cl)c2)S(C)(=O)=O)cc1. The predicted molar refractivity (Wildman–Crippen MR) is 116 cm³/mol. The molecule has 0 heterocycles. The van der Waals surface area contributed by atoms with E-state index in [2.05, 4.69) is 29.6 Å². The maximum absolute atomic E-state index is 12.5. The topological polar surface area (TPSA) is 66.5 Å². The first-order chi connectivity index (χ1) is 13.1. The third-order valence-corrected chi connectivity index (χ3v) is 6.29. The number of hydrogen-bond donors (Lipinski definition) is 1. The van der Waals surface area contributed by atoms with Crippen molar-refractivity contribution in [1.29, 1.82) is 0 Å². The highest BCUT2D eigenvalue weighted by molar-refractivity contribution is 7.92. The highest BCUT2D eigenvalue weighted by atomic mass is 35.5. The molecule has 0 bridgehead atoms. The fraction of sp³-hybridized carbons (Fsp3) is 0.350. The van der Waals surface area contributed by atoms with Crippen LogP contribution in [0.2, 0.25) is 10.0 Å². The van der Waals surface area contributed by atoms with Crippen LogP contribution >= 0.6 is 23.2 Å². The molecular formula is C20H24Cl2N2O3S. The number of halogens is 2. The Morgan fingerprint density at radius 1 is 1.11 bits per heavy atom. The third-order valence-electron chi connectivity index (χ3n) is 4.31. The molecular weight excluding hydrogens is 419 g/mol. The number of nitrogens with one attached hydrogen (secondary N) is 1. The van der Waals surface area contributed by atoms with E-state index in [1.54, 1.807) is 6.92 Å². The fourth-order valence-corrected chi connectivity index (χ4v) is 4.30. The van der Waals surface area contributed by atoms with E-state index in [-0.39, 0.29) is 10.9 Å². The molecule has 8 heteroatoms. The van der Waals surface area contributed by atoms with Crippen LogP contribution in [-0.4, -0.2) is 33.2 Å². The van der Waals surface area contributed by atoms with E-state index in [0.717, 1.165) is 23.4 Å². The zero-order valence-corrected chi connectivity index (χ0v) is 18.4. The Hall–Kier alpha value is -1.76. The molecule has 0 aliphatic carbocycles. The Kier molecular flexibility index (Phi) is 7.75. The lowest BCUT2D eigenvalue weighted by Gasteiger charge is -2.28. The molecule has 0 radical (unpaired) electrons. The van der Waals surface area contributed by atoms with E-state index in [0.29, 0.717) is 17.3 Å². The molecule has 28 heavy (non-hydrogen) atoms. The van der Waals surface area contributed by atoms with Gasteiger partial charge in [-0.15, -0.1) is 0 Å². The van der Waals surface area contributed by atoms with Crippen molar-refractivity contribution in [3.8, 4) is 0 Å². The lowest BCUT2D eigenvalue weighted by atomic mass is 10.1. The van der Waals surface area contributed by atoms with Crippen LogP contribution in [0.25, 0.3) is 0 Å². The number of hydrogen-bond acceptors (Lipinski definition) is 3. The van der Waals surface area contributed by atoms with Gasteiger partial charge in [-0.3, -0.25) is 9.10 Å². The van der Waals surface area contributed by atoms with Gasteiger partial charge in [0.15, 0.2) is 0 Å². The Morgan fingerprint density at radius 3 is 2.32 bits per heavy atom. The standard InChI is InChI=1S/C20H24Cl2N2O3S/c1-14-6-8-16(9-7-14)5-4-12-23-20(25)15(2)24(28(3,26)27)17-10-11-18(21)19(22)13-17/h6-11,13,15H,4-5,12H2,1-3H3,(H,23,25)/t15-/m1/s1. The molecule has 0 aliphatic rings. The summed E-state index contributed by atoms with van der Waals surface area (Å²) in [6.07, 6.45) is 2.64. The first kappa shape index (κ1) is 22.5. The van der Waals surface area contributed by atoms with Crippen LogP contribution in [0.3, 0.4) is 0 Å². The Morgan fingerprint density at radius 2 is 1.75 bits per heavy atom. The van der Waals surface area contributed by atoms with Crippen LogP contribution in [0.1, 0.15) is 24.5 Å². The number of benzene rings is 2. The number of carbonyl (C=O) groups excluding carboxylic acids is 1. The summed E-state index contributed by atoms with van der Waals surface area (Å²) in [5.74, 6) is -0.375. The molecule has 0 unspecified atom stereocenters. The predicted octanol–water partition coefficient (Wildman–Crippen LogP) is 4.21. The first-order valence-corrected chi connectivity index (χ1v) is 11.5. The minimum atomic E-state index is -3.70. The van der Waals surface area contributed by atoms with Gasteiger partial charge in [-0.05, 0) is 50.5 Å². The molecule has 1 N–H and O–H groups in total. The van der Waals surface area contributed by atoms with E-state index in [1.165, 1.54) is 29.3 Å². The average molecular weight is 443 g/mol. The largest absolute Gasteiger partial charge is 0.354 e. The molecule has 0 saturated carbocycles. The minimum Gasteiger partial charge on any atom is -0.354 e. The van der Waals surface area contributed by atoms with E-state index < -0.39 is 16.1 Å². The van der Waals surface area contributed by atoms with Gasteiger partial charge >= 0.3 is 0 Å². The number of aryl methyl sites for hydroxylation is 2. The number of rotatable bonds is 8. The van der Waals surface area contributed by atoms with E-state index in [4.69, 9.17) is 23.2 Å². The second-order valence-electron chi connectivity index (χ2n) is 6.71. The molecule has 2 aromatic rings. The van der Waals surface area contributed by atoms with Gasteiger partial charge < -0.3 is 5.32 Å². The molecule has 1 amide bonds. The number of carbonyl (C=O) groups is 1. The van der Waals surface area contributed by atoms with Crippen LogP contribution in [0.15, 0.2) is 42.5 Å². The van der Waals surface area contributed by atoms with Crippen LogP contribution in [0.5, 0.6) is 0 Å². The summed E-state index contributed by atoms with van der Waals surface area (Å²) >= 11 is 11.9. The summed E-state index contributed by atoms with van der Waals surface area (Å²) in [4.78, 5) is 12.5. The van der Waals surface area contributed by atoms with Gasteiger partial charge in [0.2, 0.25) is 15.9 Å². The molecule has 2 aromatic carbocycles. The summed E-state index contributed by atoms with van der Waals surface area (Å²) < 4.78 is 25.6. The smallest absolute Gasteiger partial charge is 0.243 e. The molecule has 1 atom stereocenters. The zero-order valence-electron chi connectivity index (χ0n) is 16.1. The van der Waals surface area contributed by atoms with Crippen molar-refractivity contribution in [2.24, 2.45) is 0 Å². The quantitative estimate of drug-likeness (QED) is 0.622. The van der Waals surface area contributed by atoms with Gasteiger partial charge in [0.25, 0.3) is 0 Å². The number of anilines is 1. The first-order valence-electron chi connectivity index (χ1n) is 8.87. The monoisotopic (exact) mass is 442 g/mol. The van der Waals surface area contributed by atoms with Crippen molar-refractivity contribution in [3.05, 3.63) is 63.6 Å². The lowest BCUT2D eigenvalue weighted by molar-refractivity contribution is -0.121. The van der Waals surface area contributed by atoms with Crippen molar-refractivity contribution >= 4 is 44.8 Å². The summed E-state index contributed by atoms with van der Waals surface area (Å²) in [7, 11) is -3.70. The molecule has 152 valence electrons. The normalized spacial score (nSPS) is 12.5. The van der Waals surface area contributed by atoms with Gasteiger partial charge in [-0.2, -0.15) is 0 Å². The number of sulfonamides is 1. The molecule has 0 fully saturated rings. The second-order valence-corrected chi connectivity index (χ2v) is 9.39. The van der Waals surface area contributed by atoms with E-state index >= 15 is 0 Å². The Balaban J connectivity index is 2.01. The van der Waals surface area contributed by atoms with Crippen LogP contribution in [-0.2, 0) is 21.2 Å². The summed E-state index contributed by atoms with van der Waals surface area (Å²) in [6, 6.07) is 11.8. The van der Waals surface area contributed by atoms with Crippen molar-refractivity contribution in [1.82, 2.24) is 5.32 Å². The van der Waals surface area contributed by atoms with Crippen molar-refractivity contribution in [3.63, 3.8) is 0 Å². The van der Waals surface area contributed by atoms with Gasteiger partial charge in [0, 0.05) is 6.54 Å². The van der Waals surface area contributed by atoms with E-state index in [9.17, 15) is 13.2 Å². The Bertz CT molecular complexity index is 931. The minimum absolute atomic E-state index is 0.221. The zero-order chi connectivity index (χ0) is 20.9. The van der Waals surface area contributed by atoms with Gasteiger partial charge in [-0.25, -0.2) is 8.42 Å². The highest BCUT2D eigenvalue weighted by Crippen LogP contribution is 2.29. The van der Waals surface area contributed by atoms with Crippen LogP contribution in [0, 0.1) is 6.92 Å². The van der Waals surface area contributed by atoms with Gasteiger partial charge in [0.05, 0.1) is 22.0 Å². The molecule has 0 aliphatic heterocycles. The number of amides is 1. The summed E-state index contributed by atoms with van der Waals surface area (Å²) in [6.45, 7) is 4.03. The van der Waals surface area contributed by atoms with E-state index in [1.807, 2.05) is 6.92 Å². The highest BCUT2D eigenvalue weighted by Gasteiger charge is 2.29. The maximum Gasteiger partial charge on any atom is 0.243 e. The summed E-state index contributed by atoms with van der Waals surface area (Å²) in [5.41, 5.74) is 2.69. The average Bonchev–Trinajstić information content (AvgIpc) is 2.62. The van der Waals surface area contributed by atoms with Gasteiger partial charge in [-0.1, -0.05) is 53.0 Å². The second kappa shape index (κ2) is 9.63. The Labute approximate surface area is 176 Å². The molecule has 5 nitrogen and oxygen atoms in total. The van der Waals surface area contributed by atoms with Gasteiger partial charge in [0.1, 0.15) is 6.04 Å². The van der Waals surface area contributed by atoms with Crippen molar-refractivity contribution in [2.45, 2.75) is 32.7 Å². The van der Waals surface area contributed by atoms with Crippen molar-refractivity contribution in [2.75, 3.05) is 17.1 Å². The lowest BCUT2D eigenvalue weighted by Crippen LogP contribution is -2.48. The number of nitrogens with zero attached hydrogens (tertiary/aromatic N) is 1. The van der Waals surface area contributed by atoms with Crippen molar-refractivity contribution < 1.29 is 13.2 Å². The molecule has 2 rings (SSSR count). The fourth-order valence-electron chi connectivity index (χ4n) is 2.84. The summed E-state index contributed by atoms with van der Waals surface area (Å²) in [5, 5.41) is 3.34. The molecule has 0 spiro atoms. The van der Waals surface area contributed by atoms with Crippen LogP contribution < -0.4 is 9.62 Å². The molecule has 0 saturated heterocycles. The third kappa shape index (κ3) is 6.12. The molecule has 0 aromatic heterocycles.